The highest BCUT2D eigenvalue weighted by Crippen LogP contribution is 2.49. The summed E-state index contributed by atoms with van der Waals surface area (Å²) in [6.07, 6.45) is 2.45. The minimum atomic E-state index is -0.435. The summed E-state index contributed by atoms with van der Waals surface area (Å²) in [7, 11) is 0. The first-order chi connectivity index (χ1) is 6.27. The van der Waals surface area contributed by atoms with Gasteiger partial charge in [0.15, 0.2) is 0 Å². The quantitative estimate of drug-likeness (QED) is 0.369. The third-order valence-corrected chi connectivity index (χ3v) is 3.45. The second kappa shape index (κ2) is 3.72. The van der Waals surface area contributed by atoms with Crippen molar-refractivity contribution in [3.63, 3.8) is 0 Å². The Morgan fingerprint density at radius 3 is 2.64 bits per heavy atom. The summed E-state index contributed by atoms with van der Waals surface area (Å²) in [6.45, 7) is 9.26. The molecule has 3 nitrogen and oxygen atoms in total. The Balaban J connectivity index is 2.39. The molecular weight excluding hydrogens is 293 g/mol. The van der Waals surface area contributed by atoms with Crippen LogP contribution in [0.25, 0.3) is 0 Å². The van der Waals surface area contributed by atoms with E-state index in [9.17, 15) is 4.79 Å². The molecule has 1 aliphatic carbocycles. The number of hydrogen-bond donors (Lipinski definition) is 1. The van der Waals surface area contributed by atoms with Crippen molar-refractivity contribution in [1.82, 2.24) is 5.32 Å². The second-order valence-electron chi connectivity index (χ2n) is 4.54. The molecule has 14 heavy (non-hydrogen) atoms. The molecule has 0 saturated heterocycles. The standard InChI is InChI=1S/C10H16INO2/c1-5-7-6-10(7,11)12-8(13)14-9(2,3)4/h5,7H,1,6H2,2-4H3,(H,12,13)/t7-,10-/m1/s1. The van der Waals surface area contributed by atoms with Crippen LogP contribution in [0.4, 0.5) is 4.79 Å². The molecule has 1 aliphatic rings. The van der Waals surface area contributed by atoms with E-state index in [1.807, 2.05) is 26.8 Å². The van der Waals surface area contributed by atoms with Gasteiger partial charge in [0.05, 0.1) is 0 Å². The number of halogens is 1. The Labute approximate surface area is 98.4 Å². The number of carbonyl (C=O) groups excluding carboxylic acids is 1. The van der Waals surface area contributed by atoms with Crippen molar-refractivity contribution < 1.29 is 9.53 Å². The first-order valence-electron chi connectivity index (χ1n) is 4.59. The van der Waals surface area contributed by atoms with Gasteiger partial charge in [0.25, 0.3) is 0 Å². The number of rotatable bonds is 2. The second-order valence-corrected chi connectivity index (χ2v) is 6.46. The van der Waals surface area contributed by atoms with E-state index in [-0.39, 0.29) is 9.64 Å². The first-order valence-corrected chi connectivity index (χ1v) is 5.67. The summed E-state index contributed by atoms with van der Waals surface area (Å²) in [5.74, 6) is 0.371. The fourth-order valence-corrected chi connectivity index (χ4v) is 2.10. The van der Waals surface area contributed by atoms with Crippen LogP contribution in [0.15, 0.2) is 12.7 Å². The van der Waals surface area contributed by atoms with Crippen LogP contribution in [0.3, 0.4) is 0 Å². The maximum Gasteiger partial charge on any atom is 0.408 e. The number of hydrogen-bond acceptors (Lipinski definition) is 2. The van der Waals surface area contributed by atoms with Crippen LogP contribution in [0, 0.1) is 5.92 Å². The smallest absolute Gasteiger partial charge is 0.408 e. The molecule has 0 aromatic heterocycles. The highest BCUT2D eigenvalue weighted by Gasteiger charge is 2.52. The summed E-state index contributed by atoms with van der Waals surface area (Å²) in [5, 5.41) is 2.84. The summed E-state index contributed by atoms with van der Waals surface area (Å²) in [4.78, 5) is 11.4. The van der Waals surface area contributed by atoms with Gasteiger partial charge < -0.3 is 10.1 Å². The number of ether oxygens (including phenoxy) is 1. The van der Waals surface area contributed by atoms with Gasteiger partial charge >= 0.3 is 6.09 Å². The number of carbonyl (C=O) groups is 1. The van der Waals surface area contributed by atoms with E-state index in [0.29, 0.717) is 5.92 Å². The maximum atomic E-state index is 11.4. The van der Waals surface area contributed by atoms with E-state index in [1.165, 1.54) is 0 Å². The lowest BCUT2D eigenvalue weighted by Gasteiger charge is -2.21. The summed E-state index contributed by atoms with van der Waals surface area (Å²) in [6, 6.07) is 0. The van der Waals surface area contributed by atoms with Gasteiger partial charge in [-0.2, -0.15) is 0 Å². The molecule has 1 saturated carbocycles. The highest BCUT2D eigenvalue weighted by atomic mass is 127. The van der Waals surface area contributed by atoms with Crippen molar-refractivity contribution in [2.24, 2.45) is 5.92 Å². The Bertz CT molecular complexity index is 259. The van der Waals surface area contributed by atoms with Gasteiger partial charge in [0, 0.05) is 5.92 Å². The van der Waals surface area contributed by atoms with E-state index >= 15 is 0 Å². The summed E-state index contributed by atoms with van der Waals surface area (Å²) < 4.78 is 4.99. The van der Waals surface area contributed by atoms with Crippen molar-refractivity contribution in [3.8, 4) is 0 Å². The van der Waals surface area contributed by atoms with Gasteiger partial charge in [-0.05, 0) is 27.2 Å². The van der Waals surface area contributed by atoms with Gasteiger partial charge in [-0.25, -0.2) is 4.79 Å². The minimum Gasteiger partial charge on any atom is -0.444 e. The lowest BCUT2D eigenvalue weighted by molar-refractivity contribution is 0.0519. The summed E-state index contributed by atoms with van der Waals surface area (Å²) in [5.41, 5.74) is -0.435. The van der Waals surface area contributed by atoms with Gasteiger partial charge in [-0.15, -0.1) is 6.58 Å². The van der Waals surface area contributed by atoms with Gasteiger partial charge in [-0.3, -0.25) is 0 Å². The van der Waals surface area contributed by atoms with E-state index in [2.05, 4.69) is 34.5 Å². The van der Waals surface area contributed by atoms with Crippen molar-refractivity contribution in [3.05, 3.63) is 12.7 Å². The molecule has 0 aromatic carbocycles. The zero-order valence-corrected chi connectivity index (χ0v) is 10.9. The molecule has 80 valence electrons. The molecule has 0 heterocycles. The average molecular weight is 309 g/mol. The molecule has 0 aromatic rings. The summed E-state index contributed by atoms with van der Waals surface area (Å²) >= 11 is 2.23. The van der Waals surface area contributed by atoms with Crippen LogP contribution in [0.2, 0.25) is 0 Å². The van der Waals surface area contributed by atoms with Crippen molar-refractivity contribution in [2.45, 2.75) is 36.3 Å². The van der Waals surface area contributed by atoms with Crippen molar-refractivity contribution in [1.29, 1.82) is 0 Å². The van der Waals surface area contributed by atoms with Crippen LogP contribution in [0.1, 0.15) is 27.2 Å². The van der Waals surface area contributed by atoms with Gasteiger partial charge in [0.1, 0.15) is 9.15 Å². The van der Waals surface area contributed by atoms with Crippen LogP contribution in [-0.2, 0) is 4.74 Å². The Hall–Kier alpha value is -0.260. The van der Waals surface area contributed by atoms with Crippen LogP contribution >= 0.6 is 22.6 Å². The molecule has 0 bridgehead atoms. The Kier molecular flexibility index (Phi) is 3.13. The number of alkyl halides is 1. The SMILES string of the molecule is C=C[C@@H]1C[C@@]1(I)NC(=O)OC(C)(C)C. The van der Waals surface area contributed by atoms with Gasteiger partial charge in [0.2, 0.25) is 0 Å². The molecule has 0 radical (unpaired) electrons. The predicted molar refractivity (Wildman–Crippen MR) is 64.4 cm³/mol. The average Bonchev–Trinajstić information content (AvgIpc) is 2.56. The molecule has 0 unspecified atom stereocenters. The molecule has 1 rings (SSSR count). The van der Waals surface area contributed by atoms with Crippen LogP contribution < -0.4 is 5.32 Å². The van der Waals surface area contributed by atoms with Crippen LogP contribution in [-0.4, -0.2) is 15.2 Å². The Morgan fingerprint density at radius 2 is 2.29 bits per heavy atom. The van der Waals surface area contributed by atoms with Gasteiger partial charge in [-0.1, -0.05) is 28.7 Å². The Morgan fingerprint density at radius 1 is 1.71 bits per heavy atom. The monoisotopic (exact) mass is 309 g/mol. The molecule has 4 heteroatoms. The zero-order valence-electron chi connectivity index (χ0n) is 8.76. The number of nitrogens with one attached hydrogen (secondary N) is 1. The van der Waals surface area contributed by atoms with Crippen molar-refractivity contribution in [2.75, 3.05) is 0 Å². The normalized spacial score (nSPS) is 30.7. The maximum absolute atomic E-state index is 11.4. The fourth-order valence-electron chi connectivity index (χ4n) is 1.15. The van der Waals surface area contributed by atoms with E-state index in [1.54, 1.807) is 0 Å². The number of alkyl carbamates (subject to hydrolysis) is 1. The molecule has 1 amide bonds. The third kappa shape index (κ3) is 3.15. The van der Waals surface area contributed by atoms with E-state index in [0.717, 1.165) is 6.42 Å². The lowest BCUT2D eigenvalue weighted by Crippen LogP contribution is -2.38. The molecule has 2 atom stereocenters. The largest absolute Gasteiger partial charge is 0.444 e. The van der Waals surface area contributed by atoms with E-state index < -0.39 is 5.60 Å². The van der Waals surface area contributed by atoms with E-state index in [4.69, 9.17) is 4.74 Å². The first kappa shape index (κ1) is 11.8. The van der Waals surface area contributed by atoms with Crippen LogP contribution in [0.5, 0.6) is 0 Å². The topological polar surface area (TPSA) is 38.3 Å². The predicted octanol–water partition coefficient (Wildman–Crippen LogP) is 2.85. The molecule has 0 spiro atoms. The fraction of sp³-hybridized carbons (Fsp3) is 0.700. The van der Waals surface area contributed by atoms with Crippen molar-refractivity contribution >= 4 is 28.7 Å². The lowest BCUT2D eigenvalue weighted by atomic mass is 10.2. The molecular formula is C10H16INO2. The number of amides is 1. The molecule has 0 aliphatic heterocycles. The molecule has 1 fully saturated rings. The molecule has 1 N–H and O–H groups in total. The third-order valence-electron chi connectivity index (χ3n) is 1.94. The minimum absolute atomic E-state index is 0.165. The highest BCUT2D eigenvalue weighted by molar-refractivity contribution is 14.1. The zero-order chi connectivity index (χ0) is 11.0.